The third-order valence-corrected chi connectivity index (χ3v) is 3.25. The zero-order chi connectivity index (χ0) is 14.0. The van der Waals surface area contributed by atoms with Gasteiger partial charge in [-0.05, 0) is 36.4 Å². The van der Waals surface area contributed by atoms with E-state index in [1.165, 1.54) is 24.3 Å². The summed E-state index contributed by atoms with van der Waals surface area (Å²) in [6.07, 6.45) is -4.48. The van der Waals surface area contributed by atoms with Crippen LogP contribution in [0.2, 0.25) is 5.15 Å². The molecule has 0 amide bonds. The molecule has 100 valence electrons. The van der Waals surface area contributed by atoms with Gasteiger partial charge in [0.1, 0.15) is 16.0 Å². The lowest BCUT2D eigenvalue weighted by Gasteiger charge is -2.09. The van der Waals surface area contributed by atoms with Crippen LogP contribution in [0, 0.1) is 5.82 Å². The molecule has 1 nitrogen and oxygen atoms in total. The van der Waals surface area contributed by atoms with Gasteiger partial charge >= 0.3 is 6.18 Å². The molecule has 1 aromatic heterocycles. The van der Waals surface area contributed by atoms with E-state index in [0.29, 0.717) is 4.90 Å². The highest BCUT2D eigenvalue weighted by Crippen LogP contribution is 2.35. The first-order valence-electron chi connectivity index (χ1n) is 5.03. The molecule has 2 aromatic rings. The average molecular weight is 308 g/mol. The van der Waals surface area contributed by atoms with Crippen molar-refractivity contribution in [3.63, 3.8) is 0 Å². The van der Waals surface area contributed by atoms with Crippen molar-refractivity contribution < 1.29 is 17.6 Å². The Balaban J connectivity index is 2.30. The van der Waals surface area contributed by atoms with Gasteiger partial charge < -0.3 is 0 Å². The van der Waals surface area contributed by atoms with E-state index in [0.717, 1.165) is 23.9 Å². The molecule has 7 heteroatoms. The smallest absolute Gasteiger partial charge is 0.229 e. The Labute approximate surface area is 115 Å². The highest BCUT2D eigenvalue weighted by molar-refractivity contribution is 7.99. The van der Waals surface area contributed by atoms with Crippen LogP contribution in [-0.2, 0) is 6.18 Å². The van der Waals surface area contributed by atoms with Crippen LogP contribution in [0.15, 0.2) is 46.3 Å². The summed E-state index contributed by atoms with van der Waals surface area (Å²) >= 11 is 6.54. The molecule has 19 heavy (non-hydrogen) atoms. The molecule has 0 radical (unpaired) electrons. The first-order chi connectivity index (χ1) is 8.84. The maximum absolute atomic E-state index is 12.7. The van der Waals surface area contributed by atoms with Crippen LogP contribution in [0.3, 0.4) is 0 Å². The summed E-state index contributed by atoms with van der Waals surface area (Å²) in [7, 11) is 0. The molecule has 0 spiro atoms. The Bertz CT molecular complexity index is 583. The molecular formula is C12H6ClF4NS. The van der Waals surface area contributed by atoms with Crippen molar-refractivity contribution in [2.24, 2.45) is 0 Å². The molecule has 1 heterocycles. The summed E-state index contributed by atoms with van der Waals surface area (Å²) in [5.41, 5.74) is -0.864. The SMILES string of the molecule is Fc1ccc(Sc2cc(C(F)(F)F)cc(Cl)n2)cc1. The van der Waals surface area contributed by atoms with Crippen molar-refractivity contribution in [1.82, 2.24) is 4.98 Å². The number of rotatable bonds is 2. The zero-order valence-electron chi connectivity index (χ0n) is 9.21. The summed E-state index contributed by atoms with van der Waals surface area (Å²) in [6, 6.07) is 7.01. The van der Waals surface area contributed by atoms with Crippen LogP contribution in [-0.4, -0.2) is 4.98 Å². The van der Waals surface area contributed by atoms with Crippen LogP contribution in [0.25, 0.3) is 0 Å². The number of pyridine rings is 1. The van der Waals surface area contributed by atoms with Gasteiger partial charge in [-0.15, -0.1) is 0 Å². The largest absolute Gasteiger partial charge is 0.416 e. The van der Waals surface area contributed by atoms with Gasteiger partial charge in [-0.25, -0.2) is 9.37 Å². The van der Waals surface area contributed by atoms with Crippen molar-refractivity contribution in [3.8, 4) is 0 Å². The second-order valence-corrected chi connectivity index (χ2v) is 5.05. The van der Waals surface area contributed by atoms with E-state index in [2.05, 4.69) is 4.98 Å². The summed E-state index contributed by atoms with van der Waals surface area (Å²) in [5.74, 6) is -0.417. The van der Waals surface area contributed by atoms with Gasteiger partial charge in [0.2, 0.25) is 0 Å². The lowest BCUT2D eigenvalue weighted by atomic mass is 10.3. The number of nitrogens with zero attached hydrogens (tertiary/aromatic N) is 1. The minimum absolute atomic E-state index is 0.103. The van der Waals surface area contributed by atoms with Gasteiger partial charge in [0.25, 0.3) is 0 Å². The third kappa shape index (κ3) is 3.84. The summed E-state index contributed by atoms with van der Waals surface area (Å²) in [6.45, 7) is 0. The Morgan fingerprint density at radius 2 is 1.68 bits per heavy atom. The first-order valence-corrected chi connectivity index (χ1v) is 6.22. The van der Waals surface area contributed by atoms with E-state index >= 15 is 0 Å². The van der Waals surface area contributed by atoms with Crippen molar-refractivity contribution in [3.05, 3.63) is 52.9 Å². The Morgan fingerprint density at radius 1 is 1.05 bits per heavy atom. The van der Waals surface area contributed by atoms with Gasteiger partial charge in [0.15, 0.2) is 0 Å². The van der Waals surface area contributed by atoms with E-state index in [4.69, 9.17) is 11.6 Å². The Morgan fingerprint density at radius 3 is 2.26 bits per heavy atom. The van der Waals surface area contributed by atoms with Crippen LogP contribution >= 0.6 is 23.4 Å². The molecule has 0 bridgehead atoms. The summed E-state index contributed by atoms with van der Waals surface area (Å²) in [4.78, 5) is 4.37. The lowest BCUT2D eigenvalue weighted by Crippen LogP contribution is -2.05. The molecule has 0 fully saturated rings. The molecular weight excluding hydrogens is 302 g/mol. The molecule has 1 aromatic carbocycles. The standard InChI is InChI=1S/C12H6ClF4NS/c13-10-5-7(12(15,16)17)6-11(18-10)19-9-3-1-8(14)2-4-9/h1-6H. The molecule has 0 saturated heterocycles. The van der Waals surface area contributed by atoms with Gasteiger partial charge in [-0.2, -0.15) is 13.2 Å². The van der Waals surface area contributed by atoms with Gasteiger partial charge in [0, 0.05) is 4.90 Å². The number of benzene rings is 1. The number of hydrogen-bond donors (Lipinski definition) is 0. The predicted octanol–water partition coefficient (Wildman–Crippen LogP) is 5.04. The van der Waals surface area contributed by atoms with Crippen LogP contribution in [0.5, 0.6) is 0 Å². The van der Waals surface area contributed by atoms with E-state index in [-0.39, 0.29) is 10.2 Å². The minimum atomic E-state index is -4.48. The zero-order valence-corrected chi connectivity index (χ0v) is 10.8. The predicted molar refractivity (Wildman–Crippen MR) is 64.8 cm³/mol. The van der Waals surface area contributed by atoms with Crippen molar-refractivity contribution in [2.45, 2.75) is 16.1 Å². The molecule has 0 N–H and O–H groups in total. The number of hydrogen-bond acceptors (Lipinski definition) is 2. The fraction of sp³-hybridized carbons (Fsp3) is 0.0833. The van der Waals surface area contributed by atoms with Crippen LogP contribution in [0.1, 0.15) is 5.56 Å². The summed E-state index contributed by atoms with van der Waals surface area (Å²) < 4.78 is 50.5. The molecule has 0 aliphatic rings. The minimum Gasteiger partial charge on any atom is -0.229 e. The second kappa shape index (κ2) is 5.38. The molecule has 0 unspecified atom stereocenters. The quantitative estimate of drug-likeness (QED) is 0.569. The number of alkyl halides is 3. The van der Waals surface area contributed by atoms with Gasteiger partial charge in [-0.3, -0.25) is 0 Å². The first kappa shape index (κ1) is 14.1. The van der Waals surface area contributed by atoms with Crippen molar-refractivity contribution in [2.75, 3.05) is 0 Å². The van der Waals surface area contributed by atoms with Crippen LogP contribution < -0.4 is 0 Å². The average Bonchev–Trinajstić information content (AvgIpc) is 2.30. The fourth-order valence-corrected chi connectivity index (χ4v) is 2.41. The third-order valence-electron chi connectivity index (χ3n) is 2.13. The van der Waals surface area contributed by atoms with Crippen LogP contribution in [0.4, 0.5) is 17.6 Å². The van der Waals surface area contributed by atoms with Crippen molar-refractivity contribution >= 4 is 23.4 Å². The molecule has 0 aliphatic heterocycles. The normalized spacial score (nSPS) is 11.6. The topological polar surface area (TPSA) is 12.9 Å². The summed E-state index contributed by atoms with van der Waals surface area (Å²) in [5, 5.41) is -0.133. The van der Waals surface area contributed by atoms with E-state index in [1.807, 2.05) is 0 Å². The molecule has 2 rings (SSSR count). The number of aromatic nitrogens is 1. The highest BCUT2D eigenvalue weighted by atomic mass is 35.5. The number of halogens is 5. The maximum Gasteiger partial charge on any atom is 0.416 e. The van der Waals surface area contributed by atoms with E-state index < -0.39 is 17.6 Å². The molecule has 0 aliphatic carbocycles. The lowest BCUT2D eigenvalue weighted by molar-refractivity contribution is -0.137. The Kier molecular flexibility index (Phi) is 4.01. The molecule has 0 atom stereocenters. The van der Waals surface area contributed by atoms with Gasteiger partial charge in [0.05, 0.1) is 5.56 Å². The second-order valence-electron chi connectivity index (χ2n) is 3.57. The maximum atomic E-state index is 12.7. The molecule has 0 saturated carbocycles. The van der Waals surface area contributed by atoms with E-state index in [9.17, 15) is 17.6 Å². The monoisotopic (exact) mass is 307 g/mol. The fourth-order valence-electron chi connectivity index (χ4n) is 1.31. The Hall–Kier alpha value is -1.27. The van der Waals surface area contributed by atoms with Crippen molar-refractivity contribution in [1.29, 1.82) is 0 Å². The van der Waals surface area contributed by atoms with E-state index in [1.54, 1.807) is 0 Å². The van der Waals surface area contributed by atoms with Gasteiger partial charge in [-0.1, -0.05) is 23.4 Å². The highest BCUT2D eigenvalue weighted by Gasteiger charge is 2.31.